The van der Waals surface area contributed by atoms with E-state index < -0.39 is 0 Å². The molecule has 0 saturated heterocycles. The minimum absolute atomic E-state index is 0.000142. The lowest BCUT2D eigenvalue weighted by atomic mass is 10.2. The van der Waals surface area contributed by atoms with Crippen molar-refractivity contribution in [1.82, 2.24) is 9.88 Å². The van der Waals surface area contributed by atoms with E-state index in [4.69, 9.17) is 18.2 Å². The van der Waals surface area contributed by atoms with E-state index in [0.29, 0.717) is 17.8 Å². The number of halogens is 1. The molecular formula is C15H12ClN3O2. The molecule has 106 valence electrons. The Labute approximate surface area is 126 Å². The van der Waals surface area contributed by atoms with E-state index in [1.807, 2.05) is 6.07 Å². The summed E-state index contributed by atoms with van der Waals surface area (Å²) >= 11 is 5.77. The number of nitrogens with one attached hydrogen (secondary N) is 1. The molecule has 6 heteroatoms. The lowest BCUT2D eigenvalue weighted by Crippen LogP contribution is -2.26. The van der Waals surface area contributed by atoms with Crippen LogP contribution in [0.5, 0.6) is 0 Å². The third-order valence-electron chi connectivity index (χ3n) is 2.89. The number of hydrogen-bond donors (Lipinski definition) is 1. The molecule has 2 aromatic rings. The first-order valence-corrected chi connectivity index (χ1v) is 6.50. The summed E-state index contributed by atoms with van der Waals surface area (Å²) in [6, 6.07) is 8.33. The molecule has 0 fully saturated rings. The largest absolute Gasteiger partial charge is 0.348 e. The van der Waals surface area contributed by atoms with Crippen molar-refractivity contribution in [3.05, 3.63) is 74.4 Å². The van der Waals surface area contributed by atoms with E-state index in [2.05, 4.69) is 10.2 Å². The molecule has 0 atom stereocenters. The first-order chi connectivity index (χ1) is 10.0. The molecule has 1 amide bonds. The highest BCUT2D eigenvalue weighted by molar-refractivity contribution is 6.30. The van der Waals surface area contributed by atoms with Gasteiger partial charge in [0.25, 0.3) is 11.5 Å². The molecule has 0 radical (unpaired) electrons. The Morgan fingerprint density at radius 1 is 1.43 bits per heavy atom. The molecule has 21 heavy (non-hydrogen) atoms. The van der Waals surface area contributed by atoms with Crippen LogP contribution in [-0.2, 0) is 13.6 Å². The van der Waals surface area contributed by atoms with Crippen LogP contribution in [0.15, 0.2) is 41.3 Å². The average molecular weight is 302 g/mol. The van der Waals surface area contributed by atoms with Crippen LogP contribution < -0.4 is 10.9 Å². The zero-order valence-electron chi connectivity index (χ0n) is 11.3. The van der Waals surface area contributed by atoms with Gasteiger partial charge in [-0.25, -0.2) is 4.85 Å². The van der Waals surface area contributed by atoms with Gasteiger partial charge in [0.15, 0.2) is 5.69 Å². The zero-order chi connectivity index (χ0) is 15.4. The standard InChI is InChI=1S/C15H12ClN3O2/c1-17-12-5-3-4-10(6-12)8-18-14(20)11-7-13(16)15(21)19(2)9-11/h3-7,9H,8H2,2H3,(H,18,20). The van der Waals surface area contributed by atoms with Crippen LogP contribution in [0.3, 0.4) is 0 Å². The fourth-order valence-electron chi connectivity index (χ4n) is 1.82. The molecule has 0 unspecified atom stereocenters. The normalized spacial score (nSPS) is 9.95. The van der Waals surface area contributed by atoms with E-state index in [1.165, 1.54) is 23.9 Å². The quantitative estimate of drug-likeness (QED) is 0.886. The number of amides is 1. The van der Waals surface area contributed by atoms with Gasteiger partial charge in [0, 0.05) is 19.8 Å². The minimum atomic E-state index is -0.349. The molecule has 5 nitrogen and oxygen atoms in total. The Balaban J connectivity index is 2.12. The summed E-state index contributed by atoms with van der Waals surface area (Å²) in [5.74, 6) is -0.333. The second kappa shape index (κ2) is 6.25. The number of aryl methyl sites for hydroxylation is 1. The lowest BCUT2D eigenvalue weighted by Gasteiger charge is -2.07. The van der Waals surface area contributed by atoms with Crippen molar-refractivity contribution in [2.75, 3.05) is 0 Å². The summed E-state index contributed by atoms with van der Waals surface area (Å²) in [5, 5.41) is 2.72. The Morgan fingerprint density at radius 2 is 2.19 bits per heavy atom. The van der Waals surface area contributed by atoms with Crippen molar-refractivity contribution in [2.45, 2.75) is 6.54 Å². The highest BCUT2D eigenvalue weighted by atomic mass is 35.5. The summed E-state index contributed by atoms with van der Waals surface area (Å²) in [4.78, 5) is 26.8. The maximum absolute atomic E-state index is 12.0. The van der Waals surface area contributed by atoms with Crippen LogP contribution in [0.1, 0.15) is 15.9 Å². The second-order valence-corrected chi connectivity index (χ2v) is 4.86. The fourth-order valence-corrected chi connectivity index (χ4v) is 2.07. The molecule has 1 N–H and O–H groups in total. The van der Waals surface area contributed by atoms with Gasteiger partial charge in [-0.2, -0.15) is 0 Å². The van der Waals surface area contributed by atoms with Crippen molar-refractivity contribution in [2.24, 2.45) is 7.05 Å². The number of hydrogen-bond acceptors (Lipinski definition) is 2. The van der Waals surface area contributed by atoms with Gasteiger partial charge in [0.05, 0.1) is 12.1 Å². The Hall–Kier alpha value is -2.58. The van der Waals surface area contributed by atoms with Crippen LogP contribution in [0.2, 0.25) is 5.02 Å². The van der Waals surface area contributed by atoms with Crippen LogP contribution >= 0.6 is 11.6 Å². The van der Waals surface area contributed by atoms with Crippen molar-refractivity contribution in [3.63, 3.8) is 0 Å². The SMILES string of the molecule is [C-]#[N+]c1cccc(CNC(=O)c2cc(Cl)c(=O)n(C)c2)c1. The summed E-state index contributed by atoms with van der Waals surface area (Å²) in [5.41, 5.74) is 1.31. The predicted octanol–water partition coefficient (Wildman–Crippen LogP) is 2.52. The van der Waals surface area contributed by atoms with Crippen LogP contribution in [0.4, 0.5) is 5.69 Å². The van der Waals surface area contributed by atoms with E-state index in [1.54, 1.807) is 18.2 Å². The Kier molecular flexibility index (Phi) is 4.41. The number of carbonyl (C=O) groups is 1. The third-order valence-corrected chi connectivity index (χ3v) is 3.17. The molecule has 1 heterocycles. The second-order valence-electron chi connectivity index (χ2n) is 4.46. The van der Waals surface area contributed by atoms with Gasteiger partial charge in [-0.1, -0.05) is 35.9 Å². The number of rotatable bonds is 3. The van der Waals surface area contributed by atoms with Crippen molar-refractivity contribution in [1.29, 1.82) is 0 Å². The van der Waals surface area contributed by atoms with Crippen LogP contribution in [-0.4, -0.2) is 10.5 Å². The summed E-state index contributed by atoms with van der Waals surface area (Å²) in [6.07, 6.45) is 1.43. The van der Waals surface area contributed by atoms with E-state index >= 15 is 0 Å². The van der Waals surface area contributed by atoms with E-state index in [-0.39, 0.29) is 16.5 Å². The smallest absolute Gasteiger partial charge is 0.269 e. The summed E-state index contributed by atoms with van der Waals surface area (Å²) in [7, 11) is 1.53. The third kappa shape index (κ3) is 3.50. The first kappa shape index (κ1) is 14.8. The minimum Gasteiger partial charge on any atom is -0.348 e. The highest BCUT2D eigenvalue weighted by Gasteiger charge is 2.09. The lowest BCUT2D eigenvalue weighted by molar-refractivity contribution is 0.0950. The van der Waals surface area contributed by atoms with Crippen LogP contribution in [0.25, 0.3) is 4.85 Å². The molecule has 2 rings (SSSR count). The van der Waals surface area contributed by atoms with Gasteiger partial charge in [-0.15, -0.1) is 0 Å². The first-order valence-electron chi connectivity index (χ1n) is 6.12. The molecule has 0 spiro atoms. The summed E-state index contributed by atoms with van der Waals surface area (Å²) in [6.45, 7) is 7.24. The maximum atomic E-state index is 12.0. The number of pyridine rings is 1. The van der Waals surface area contributed by atoms with Crippen molar-refractivity contribution >= 4 is 23.2 Å². The Morgan fingerprint density at radius 3 is 2.86 bits per heavy atom. The number of carbonyl (C=O) groups excluding carboxylic acids is 1. The summed E-state index contributed by atoms with van der Waals surface area (Å²) < 4.78 is 1.26. The molecule has 0 aliphatic rings. The van der Waals surface area contributed by atoms with E-state index in [9.17, 15) is 9.59 Å². The van der Waals surface area contributed by atoms with Crippen LogP contribution in [0, 0.1) is 6.57 Å². The average Bonchev–Trinajstić information content (AvgIpc) is 2.50. The van der Waals surface area contributed by atoms with Gasteiger partial charge >= 0.3 is 0 Å². The molecule has 0 aliphatic carbocycles. The predicted molar refractivity (Wildman–Crippen MR) is 80.6 cm³/mol. The number of nitrogens with zero attached hydrogens (tertiary/aromatic N) is 2. The van der Waals surface area contributed by atoms with Gasteiger partial charge < -0.3 is 9.88 Å². The topological polar surface area (TPSA) is 55.5 Å². The van der Waals surface area contributed by atoms with Gasteiger partial charge in [-0.05, 0) is 11.6 Å². The monoisotopic (exact) mass is 301 g/mol. The highest BCUT2D eigenvalue weighted by Crippen LogP contribution is 2.13. The van der Waals surface area contributed by atoms with Crippen molar-refractivity contribution < 1.29 is 4.79 Å². The molecule has 1 aromatic heterocycles. The molecule has 0 aliphatic heterocycles. The molecular weight excluding hydrogens is 290 g/mol. The van der Waals surface area contributed by atoms with E-state index in [0.717, 1.165) is 5.56 Å². The van der Waals surface area contributed by atoms with Gasteiger partial charge in [0.2, 0.25) is 0 Å². The number of aromatic nitrogens is 1. The number of benzene rings is 1. The fraction of sp³-hybridized carbons (Fsp3) is 0.133. The van der Waals surface area contributed by atoms with Gasteiger partial charge in [-0.3, -0.25) is 9.59 Å². The van der Waals surface area contributed by atoms with Gasteiger partial charge in [0.1, 0.15) is 5.02 Å². The molecule has 1 aromatic carbocycles. The zero-order valence-corrected chi connectivity index (χ0v) is 12.0. The van der Waals surface area contributed by atoms with Crippen molar-refractivity contribution in [3.8, 4) is 0 Å². The Bertz CT molecular complexity index is 764. The molecule has 0 bridgehead atoms. The maximum Gasteiger partial charge on any atom is 0.269 e. The molecule has 0 saturated carbocycles.